The maximum absolute atomic E-state index is 3.77. The molecule has 0 radical (unpaired) electrons. The van der Waals surface area contributed by atoms with Crippen LogP contribution in [0.4, 0.5) is 0 Å². The fraction of sp³-hybridized carbons (Fsp3) is 0.125. The number of thioether (sulfide) groups is 1. The highest BCUT2D eigenvalue weighted by Gasteiger charge is 2.15. The molecule has 0 unspecified atom stereocenters. The summed E-state index contributed by atoms with van der Waals surface area (Å²) < 4.78 is 0. The third kappa shape index (κ3) is 2.36. The predicted molar refractivity (Wildman–Crippen MR) is 80.7 cm³/mol. The second kappa shape index (κ2) is 5.25. The molecule has 0 fully saturated rings. The molecule has 0 aliphatic carbocycles. The van der Waals surface area contributed by atoms with Crippen molar-refractivity contribution in [1.82, 2.24) is 0 Å². The lowest BCUT2D eigenvalue weighted by Crippen LogP contribution is -1.99. The van der Waals surface area contributed by atoms with E-state index in [-0.39, 0.29) is 0 Å². The molecule has 0 saturated carbocycles. The third-order valence-corrected chi connectivity index (χ3v) is 5.20. The van der Waals surface area contributed by atoms with Gasteiger partial charge in [-0.1, -0.05) is 36.0 Å². The summed E-state index contributed by atoms with van der Waals surface area (Å²) in [6.07, 6.45) is 3.01. The summed E-state index contributed by atoms with van der Waals surface area (Å²) in [5.74, 6) is 0.975. The summed E-state index contributed by atoms with van der Waals surface area (Å²) in [4.78, 5) is 4.14. The van der Waals surface area contributed by atoms with E-state index >= 15 is 0 Å². The van der Waals surface area contributed by atoms with Crippen molar-refractivity contribution in [2.45, 2.75) is 21.1 Å². The van der Waals surface area contributed by atoms with Gasteiger partial charge in [0.2, 0.25) is 0 Å². The van der Waals surface area contributed by atoms with Crippen LogP contribution in [0.3, 0.4) is 0 Å². The Morgan fingerprint density at radius 3 is 2.83 bits per heavy atom. The molecular formula is C16H14S2. The van der Waals surface area contributed by atoms with E-state index in [9.17, 15) is 0 Å². The first-order valence-corrected chi connectivity index (χ1v) is 7.79. The fourth-order valence-electron chi connectivity index (χ4n) is 2.11. The largest absolute Gasteiger partial charge is 0.122 e. The first kappa shape index (κ1) is 11.9. The molecule has 2 heteroatoms. The number of hydrogen-bond acceptors (Lipinski definition) is 2. The van der Waals surface area contributed by atoms with E-state index in [2.05, 4.69) is 49.0 Å². The van der Waals surface area contributed by atoms with Crippen molar-refractivity contribution in [2.24, 2.45) is 0 Å². The van der Waals surface area contributed by atoms with Crippen molar-refractivity contribution in [2.75, 3.05) is 5.75 Å². The first-order chi connectivity index (χ1) is 8.86. The standard InChI is InChI=1S/C16H14S2/c1-2-9-17-14-7-8-16-13(11-14)10-12-5-3-4-6-15(12)18-16/h2-8,11H,1,9-10H2. The van der Waals surface area contributed by atoms with Crippen molar-refractivity contribution in [3.63, 3.8) is 0 Å². The van der Waals surface area contributed by atoms with Gasteiger partial charge < -0.3 is 0 Å². The molecule has 0 saturated heterocycles. The molecule has 18 heavy (non-hydrogen) atoms. The van der Waals surface area contributed by atoms with Gasteiger partial charge >= 0.3 is 0 Å². The van der Waals surface area contributed by atoms with E-state index in [0.717, 1.165) is 12.2 Å². The molecule has 0 bridgehead atoms. The maximum atomic E-state index is 3.77. The molecular weight excluding hydrogens is 256 g/mol. The van der Waals surface area contributed by atoms with Crippen LogP contribution in [0.1, 0.15) is 11.1 Å². The lowest BCUT2D eigenvalue weighted by atomic mass is 10.0. The third-order valence-electron chi connectivity index (χ3n) is 2.97. The SMILES string of the molecule is C=CCSc1ccc2c(c1)Cc1ccccc1S2. The summed E-state index contributed by atoms with van der Waals surface area (Å²) >= 11 is 3.73. The van der Waals surface area contributed by atoms with Crippen molar-refractivity contribution in [3.05, 3.63) is 66.2 Å². The Morgan fingerprint density at radius 2 is 1.94 bits per heavy atom. The van der Waals surface area contributed by atoms with Crippen LogP contribution >= 0.6 is 23.5 Å². The van der Waals surface area contributed by atoms with Gasteiger partial charge in [0.25, 0.3) is 0 Å². The topological polar surface area (TPSA) is 0 Å². The zero-order valence-electron chi connectivity index (χ0n) is 10.1. The van der Waals surface area contributed by atoms with Crippen LogP contribution in [-0.4, -0.2) is 5.75 Å². The molecule has 0 amide bonds. The molecule has 0 nitrogen and oxygen atoms in total. The van der Waals surface area contributed by atoms with Crippen molar-refractivity contribution in [3.8, 4) is 0 Å². The van der Waals surface area contributed by atoms with E-state index in [1.807, 2.05) is 29.6 Å². The van der Waals surface area contributed by atoms with Crippen molar-refractivity contribution < 1.29 is 0 Å². The van der Waals surface area contributed by atoms with E-state index in [4.69, 9.17) is 0 Å². The molecule has 0 aromatic heterocycles. The quantitative estimate of drug-likeness (QED) is 0.484. The van der Waals surface area contributed by atoms with Crippen LogP contribution in [0.5, 0.6) is 0 Å². The van der Waals surface area contributed by atoms with Crippen molar-refractivity contribution >= 4 is 23.5 Å². The highest BCUT2D eigenvalue weighted by molar-refractivity contribution is 8.00. The summed E-state index contributed by atoms with van der Waals surface area (Å²) in [7, 11) is 0. The van der Waals surface area contributed by atoms with Gasteiger partial charge in [0, 0.05) is 20.4 Å². The normalized spacial score (nSPS) is 12.7. The average Bonchev–Trinajstić information content (AvgIpc) is 2.42. The van der Waals surface area contributed by atoms with Gasteiger partial charge in [-0.3, -0.25) is 0 Å². The van der Waals surface area contributed by atoms with E-state index < -0.39 is 0 Å². The molecule has 1 aliphatic heterocycles. The molecule has 1 aliphatic rings. The van der Waals surface area contributed by atoms with Crippen LogP contribution in [0.25, 0.3) is 0 Å². The summed E-state index contributed by atoms with van der Waals surface area (Å²) in [6.45, 7) is 3.77. The van der Waals surface area contributed by atoms with Crippen molar-refractivity contribution in [1.29, 1.82) is 0 Å². The van der Waals surface area contributed by atoms with Gasteiger partial charge in [0.15, 0.2) is 0 Å². The minimum Gasteiger partial charge on any atom is -0.122 e. The Hall–Kier alpha value is -1.12. The highest BCUT2D eigenvalue weighted by atomic mass is 32.2. The molecule has 1 heterocycles. The molecule has 2 aromatic carbocycles. The average molecular weight is 270 g/mol. The molecule has 0 N–H and O–H groups in total. The lowest BCUT2D eigenvalue weighted by Gasteiger charge is -2.19. The van der Waals surface area contributed by atoms with Gasteiger partial charge in [-0.25, -0.2) is 0 Å². The Kier molecular flexibility index (Phi) is 3.48. The van der Waals surface area contributed by atoms with Gasteiger partial charge in [-0.15, -0.1) is 18.3 Å². The smallest absolute Gasteiger partial charge is 0.0158 e. The number of fused-ring (bicyclic) bond motifs is 2. The minimum absolute atomic E-state index is 0.975. The van der Waals surface area contributed by atoms with E-state index in [0.29, 0.717) is 0 Å². The van der Waals surface area contributed by atoms with E-state index in [1.54, 1.807) is 0 Å². The Bertz CT molecular complexity index is 587. The second-order valence-corrected chi connectivity index (χ2v) is 6.43. The molecule has 0 atom stereocenters. The summed E-state index contributed by atoms with van der Waals surface area (Å²) in [5, 5.41) is 0. The summed E-state index contributed by atoms with van der Waals surface area (Å²) in [5.41, 5.74) is 2.90. The number of hydrogen-bond donors (Lipinski definition) is 0. The second-order valence-electron chi connectivity index (χ2n) is 4.26. The molecule has 0 spiro atoms. The maximum Gasteiger partial charge on any atom is 0.0158 e. The van der Waals surface area contributed by atoms with Crippen LogP contribution in [0.15, 0.2) is 69.8 Å². The molecule has 3 rings (SSSR count). The fourth-order valence-corrected chi connectivity index (χ4v) is 3.86. The molecule has 90 valence electrons. The molecule has 2 aromatic rings. The van der Waals surface area contributed by atoms with Crippen LogP contribution in [0.2, 0.25) is 0 Å². The van der Waals surface area contributed by atoms with Gasteiger partial charge in [-0.05, 0) is 41.8 Å². The lowest BCUT2D eigenvalue weighted by molar-refractivity contribution is 1.04. The Balaban J connectivity index is 1.91. The van der Waals surface area contributed by atoms with Crippen LogP contribution < -0.4 is 0 Å². The van der Waals surface area contributed by atoms with Gasteiger partial charge in [0.05, 0.1) is 0 Å². The monoisotopic (exact) mass is 270 g/mol. The number of rotatable bonds is 3. The predicted octanol–water partition coefficient (Wildman–Crippen LogP) is 5.02. The Morgan fingerprint density at radius 1 is 1.11 bits per heavy atom. The van der Waals surface area contributed by atoms with Gasteiger partial charge in [-0.2, -0.15) is 0 Å². The van der Waals surface area contributed by atoms with Gasteiger partial charge in [0.1, 0.15) is 0 Å². The number of benzene rings is 2. The summed E-state index contributed by atoms with van der Waals surface area (Å²) in [6, 6.07) is 15.5. The first-order valence-electron chi connectivity index (χ1n) is 5.99. The van der Waals surface area contributed by atoms with E-state index in [1.165, 1.54) is 25.8 Å². The zero-order valence-corrected chi connectivity index (χ0v) is 11.7. The van der Waals surface area contributed by atoms with Crippen LogP contribution in [0, 0.1) is 0 Å². The zero-order chi connectivity index (χ0) is 12.4. The highest BCUT2D eigenvalue weighted by Crippen LogP contribution is 2.40. The Labute approximate surface area is 116 Å². The minimum atomic E-state index is 0.975. The van der Waals surface area contributed by atoms with Crippen LogP contribution in [-0.2, 0) is 6.42 Å².